The molecule has 348 valence electrons. The highest BCUT2D eigenvalue weighted by molar-refractivity contribution is 6.07. The zero-order valence-electron chi connectivity index (χ0n) is 37.3. The van der Waals surface area contributed by atoms with Crippen molar-refractivity contribution in [1.82, 2.24) is 30.2 Å². The van der Waals surface area contributed by atoms with Crippen LogP contribution in [0.1, 0.15) is 72.9 Å². The maximum Gasteiger partial charge on any atom is 0.413 e. The number of nitrogens with two attached hydrogens (primary N) is 1. The Balaban J connectivity index is 0.873. The van der Waals surface area contributed by atoms with Crippen LogP contribution < -0.4 is 39.5 Å². The van der Waals surface area contributed by atoms with Crippen LogP contribution in [0.3, 0.4) is 0 Å². The van der Waals surface area contributed by atoms with Gasteiger partial charge in [0, 0.05) is 48.7 Å². The predicted molar refractivity (Wildman–Crippen MR) is 243 cm³/mol. The summed E-state index contributed by atoms with van der Waals surface area (Å²) in [5.41, 5.74) is 10.1. The molecule has 0 unspecified atom stereocenters. The SMILES string of the molecule is COc1ccc(C2=NN(C3CCN(C(=O)[C@@H](Cc4ccc(C(N)=O)cc4)NC(=O)Oc4c[nH]c5c(-c6c(OCC7CC7)ccc7c6OCO7)ncnc45)CC3)C(=O)[C@@H]3CCCC[C@H]23)cc1OC. The monoisotopic (exact) mass is 912 g/mol. The highest BCUT2D eigenvalue weighted by Crippen LogP contribution is 2.49. The summed E-state index contributed by atoms with van der Waals surface area (Å²) in [4.78, 5) is 68.3. The van der Waals surface area contributed by atoms with E-state index in [2.05, 4.69) is 20.3 Å². The number of rotatable bonds is 14. The van der Waals surface area contributed by atoms with Gasteiger partial charge in [-0.3, -0.25) is 14.4 Å². The second-order valence-corrected chi connectivity index (χ2v) is 17.7. The second kappa shape index (κ2) is 18.5. The van der Waals surface area contributed by atoms with Gasteiger partial charge in [0.25, 0.3) is 0 Å². The minimum absolute atomic E-state index is 0.00194. The smallest absolute Gasteiger partial charge is 0.413 e. The van der Waals surface area contributed by atoms with E-state index in [9.17, 15) is 19.2 Å². The summed E-state index contributed by atoms with van der Waals surface area (Å²) in [6, 6.07) is 14.6. The summed E-state index contributed by atoms with van der Waals surface area (Å²) in [5, 5.41) is 9.55. The van der Waals surface area contributed by atoms with Crippen LogP contribution in [0.4, 0.5) is 4.79 Å². The number of amides is 4. The number of benzene rings is 3. The number of primary amides is 1. The average Bonchev–Trinajstić information content (AvgIpc) is 3.91. The Kier molecular flexibility index (Phi) is 12.0. The van der Waals surface area contributed by atoms with Crippen molar-refractivity contribution >= 4 is 40.6 Å². The molecule has 3 aliphatic heterocycles. The fourth-order valence-electron chi connectivity index (χ4n) is 9.73. The van der Waals surface area contributed by atoms with Gasteiger partial charge in [-0.2, -0.15) is 5.10 Å². The molecule has 4 amide bonds. The summed E-state index contributed by atoms with van der Waals surface area (Å²) in [7, 11) is 3.19. The molecule has 5 aliphatic rings. The molecule has 18 nitrogen and oxygen atoms in total. The van der Waals surface area contributed by atoms with Crippen LogP contribution in [0.15, 0.2) is 72.2 Å². The van der Waals surface area contributed by atoms with Gasteiger partial charge in [0.1, 0.15) is 29.3 Å². The lowest BCUT2D eigenvalue weighted by Gasteiger charge is -2.43. The van der Waals surface area contributed by atoms with E-state index in [0.29, 0.717) is 101 Å². The number of piperidine rings is 1. The summed E-state index contributed by atoms with van der Waals surface area (Å²) in [6.45, 7) is 1.25. The quantitative estimate of drug-likeness (QED) is 0.117. The molecule has 3 aromatic carbocycles. The molecule has 2 aromatic heterocycles. The largest absolute Gasteiger partial charge is 0.493 e. The van der Waals surface area contributed by atoms with E-state index in [-0.39, 0.29) is 48.7 Å². The van der Waals surface area contributed by atoms with Crippen LogP contribution in [-0.2, 0) is 16.0 Å². The maximum atomic E-state index is 14.5. The van der Waals surface area contributed by atoms with E-state index in [0.717, 1.165) is 49.8 Å². The van der Waals surface area contributed by atoms with Crippen molar-refractivity contribution in [2.45, 2.75) is 69.9 Å². The zero-order chi connectivity index (χ0) is 46.2. The van der Waals surface area contributed by atoms with Crippen molar-refractivity contribution in [3.8, 4) is 45.8 Å². The molecule has 1 saturated heterocycles. The van der Waals surface area contributed by atoms with Gasteiger partial charge < -0.3 is 49.4 Å². The molecule has 3 atom stereocenters. The molecule has 5 heterocycles. The number of aromatic nitrogens is 3. The van der Waals surface area contributed by atoms with E-state index < -0.39 is 18.0 Å². The number of hydrogen-bond acceptors (Lipinski definition) is 13. The number of ether oxygens (including phenoxy) is 6. The van der Waals surface area contributed by atoms with Crippen LogP contribution in [0, 0.1) is 17.8 Å². The Hall–Kier alpha value is -7.37. The third-order valence-electron chi connectivity index (χ3n) is 13.5. The summed E-state index contributed by atoms with van der Waals surface area (Å²) >= 11 is 0. The van der Waals surface area contributed by atoms with Crippen LogP contribution in [0.2, 0.25) is 0 Å². The Morgan fingerprint density at radius 2 is 1.64 bits per heavy atom. The molecule has 0 bridgehead atoms. The number of hydrogen-bond donors (Lipinski definition) is 3. The second-order valence-electron chi connectivity index (χ2n) is 17.7. The van der Waals surface area contributed by atoms with Gasteiger partial charge in [-0.15, -0.1) is 0 Å². The molecular weight excluding hydrogens is 861 g/mol. The lowest BCUT2D eigenvalue weighted by atomic mass is 9.73. The number of aromatic amines is 1. The van der Waals surface area contributed by atoms with Gasteiger partial charge in [0.15, 0.2) is 28.7 Å². The third kappa shape index (κ3) is 8.75. The molecule has 5 aromatic rings. The molecule has 4 N–H and O–H groups in total. The number of methoxy groups -OCH3 is 2. The molecule has 2 saturated carbocycles. The number of carbonyl (C=O) groups excluding carboxylic acids is 4. The van der Waals surface area contributed by atoms with Crippen LogP contribution in [0.5, 0.6) is 34.5 Å². The maximum absolute atomic E-state index is 14.5. The van der Waals surface area contributed by atoms with Gasteiger partial charge in [0.2, 0.25) is 24.5 Å². The summed E-state index contributed by atoms with van der Waals surface area (Å²) in [6.07, 6.45) is 8.93. The van der Waals surface area contributed by atoms with E-state index in [1.54, 1.807) is 54.5 Å². The van der Waals surface area contributed by atoms with Gasteiger partial charge in [0.05, 0.1) is 43.7 Å². The number of nitrogens with one attached hydrogen (secondary N) is 2. The minimum atomic E-state index is -1.07. The molecule has 0 spiro atoms. The van der Waals surface area contributed by atoms with Crippen molar-refractivity contribution in [3.63, 3.8) is 0 Å². The minimum Gasteiger partial charge on any atom is -0.493 e. The predicted octanol–water partition coefficient (Wildman–Crippen LogP) is 6.00. The van der Waals surface area contributed by atoms with Crippen molar-refractivity contribution in [2.75, 3.05) is 40.7 Å². The van der Waals surface area contributed by atoms with Crippen LogP contribution in [0.25, 0.3) is 22.3 Å². The highest BCUT2D eigenvalue weighted by atomic mass is 16.7. The van der Waals surface area contributed by atoms with E-state index >= 15 is 0 Å². The Bertz CT molecular complexity index is 2750. The van der Waals surface area contributed by atoms with Gasteiger partial charge in [-0.25, -0.2) is 19.8 Å². The third-order valence-corrected chi connectivity index (χ3v) is 13.5. The standard InChI is InChI=1S/C49H52N8O10/c1-62-35-14-13-30(22-38(35)63-2)41-32-5-3-4-6-33(32)47(59)57(55-41)31-17-19-56(20-18-31)48(60)34(21-27-9-11-29(12-10-27)46(50)58)54-49(61)67-39-23-51-44-42(39)52-25-53-43(44)40-36(64-24-28-7-8-28)15-16-37-45(40)66-26-65-37/h9-16,22-23,25,28,31-34,51H,3-8,17-21,24,26H2,1-2H3,(H2,50,58)(H,54,61)/t32-,33+,34+/m0/s1. The van der Waals surface area contributed by atoms with E-state index in [1.807, 2.05) is 24.3 Å². The first-order valence-electron chi connectivity index (χ1n) is 22.8. The van der Waals surface area contributed by atoms with Crippen LogP contribution >= 0.6 is 0 Å². The topological polar surface area (TPSA) is 222 Å². The number of hydrazone groups is 1. The Labute approximate surface area is 386 Å². The zero-order valence-corrected chi connectivity index (χ0v) is 37.3. The number of carbonyl (C=O) groups is 4. The van der Waals surface area contributed by atoms with Gasteiger partial charge in [-0.1, -0.05) is 25.0 Å². The van der Waals surface area contributed by atoms with Crippen molar-refractivity contribution < 1.29 is 47.6 Å². The lowest BCUT2D eigenvalue weighted by Crippen LogP contribution is -2.56. The first kappa shape index (κ1) is 43.5. The number of fused-ring (bicyclic) bond motifs is 3. The van der Waals surface area contributed by atoms with Crippen molar-refractivity contribution in [2.24, 2.45) is 28.6 Å². The van der Waals surface area contributed by atoms with Crippen molar-refractivity contribution in [1.29, 1.82) is 0 Å². The van der Waals surface area contributed by atoms with Crippen LogP contribution in [-0.4, -0.2) is 107 Å². The molecule has 2 aliphatic carbocycles. The average molecular weight is 913 g/mol. The Morgan fingerprint density at radius 3 is 2.39 bits per heavy atom. The highest BCUT2D eigenvalue weighted by Gasteiger charge is 2.44. The molecule has 0 radical (unpaired) electrons. The first-order valence-corrected chi connectivity index (χ1v) is 22.8. The van der Waals surface area contributed by atoms with Crippen molar-refractivity contribution in [3.05, 3.63) is 83.8 Å². The summed E-state index contributed by atoms with van der Waals surface area (Å²) in [5.74, 6) is 2.35. The van der Waals surface area contributed by atoms with E-state index in [1.165, 1.54) is 12.5 Å². The fraction of sp³-hybridized carbons (Fsp3) is 0.408. The molecule has 3 fully saturated rings. The lowest BCUT2D eigenvalue weighted by molar-refractivity contribution is -0.143. The van der Waals surface area contributed by atoms with Gasteiger partial charge in [-0.05, 0) is 92.5 Å². The number of likely N-dealkylation sites (tertiary alicyclic amines) is 1. The summed E-state index contributed by atoms with van der Waals surface area (Å²) < 4.78 is 34.8. The number of nitrogens with zero attached hydrogens (tertiary/aromatic N) is 5. The molecular formula is C49H52N8O10. The Morgan fingerprint density at radius 1 is 0.881 bits per heavy atom. The number of H-pyrrole nitrogens is 1. The fourth-order valence-corrected chi connectivity index (χ4v) is 9.73. The molecule has 10 rings (SSSR count). The van der Waals surface area contributed by atoms with Gasteiger partial charge >= 0.3 is 6.09 Å². The molecule has 67 heavy (non-hydrogen) atoms. The molecule has 18 heteroatoms. The first-order chi connectivity index (χ1) is 32.7. The normalized spacial score (nSPS) is 19.6. The van der Waals surface area contributed by atoms with E-state index in [4.69, 9.17) is 39.3 Å².